The van der Waals surface area contributed by atoms with Crippen molar-refractivity contribution in [2.45, 2.75) is 33.0 Å². The molecule has 4 aliphatic heterocycles. The highest BCUT2D eigenvalue weighted by Gasteiger charge is 2.30. The van der Waals surface area contributed by atoms with Gasteiger partial charge in [0, 0.05) is 37.4 Å². The third-order valence-corrected chi connectivity index (χ3v) is 6.80. The molecule has 3 aromatic rings. The molecule has 2 aromatic carbocycles. The molecule has 0 atom stereocenters. The van der Waals surface area contributed by atoms with Crippen LogP contribution in [0.1, 0.15) is 36.2 Å². The zero-order valence-corrected chi connectivity index (χ0v) is 25.7. The number of hydrogen-bond acceptors (Lipinski definition) is 10. The van der Waals surface area contributed by atoms with Gasteiger partial charge in [0.2, 0.25) is 11.9 Å². The number of nitrogens with one attached hydrogen (secondary N) is 3. The lowest BCUT2D eigenvalue weighted by Gasteiger charge is -2.32. The molecule has 5 N–H and O–H groups in total. The van der Waals surface area contributed by atoms with Crippen molar-refractivity contribution >= 4 is 46.9 Å². The molecule has 6 bridgehead atoms. The quantitative estimate of drug-likeness (QED) is 0.296. The van der Waals surface area contributed by atoms with E-state index in [9.17, 15) is 27.6 Å². The molecule has 0 saturated heterocycles. The number of carbonyl (C=O) groups excluding carboxylic acids is 3. The second kappa shape index (κ2) is 14.5. The Balaban J connectivity index is 1.61. The fraction of sp³-hybridized carbons (Fsp3) is 0.379. The molecule has 0 saturated carbocycles. The maximum absolute atomic E-state index is 12.9. The predicted octanol–water partition coefficient (Wildman–Crippen LogP) is 3.67. The Morgan fingerprint density at radius 2 is 1.80 bits per heavy atom. The Morgan fingerprint density at radius 1 is 1.09 bits per heavy atom. The second-order valence-corrected chi connectivity index (χ2v) is 11.5. The van der Waals surface area contributed by atoms with E-state index < -0.39 is 41.9 Å². The van der Waals surface area contributed by atoms with E-state index in [0.717, 1.165) is 0 Å². The molecule has 17 heteroatoms. The Morgan fingerprint density at radius 3 is 2.48 bits per heavy atom. The lowest BCUT2D eigenvalue weighted by molar-refractivity contribution is -0.154. The van der Waals surface area contributed by atoms with Gasteiger partial charge < -0.3 is 36.1 Å². The molecular formula is C29H32ClF3N8O5. The van der Waals surface area contributed by atoms with Gasteiger partial charge in [0.1, 0.15) is 5.75 Å². The highest BCUT2D eigenvalue weighted by Crippen LogP contribution is 2.27. The number of hydrogen-bond donors (Lipinski definition) is 4. The topological polar surface area (TPSA) is 174 Å². The number of alkyl halides is 3. The van der Waals surface area contributed by atoms with Gasteiger partial charge in [-0.2, -0.15) is 28.1 Å². The molecule has 4 aliphatic rings. The standard InChI is InChI=1S/C29H32ClF3N8O5/c1-28(2)14-36-23(43)18-5-7-19(8-6-18)37-26-38-25(39-27(40-26)46-16-29(31,32)33)35-13-17-4-9-21(20(30)12-17)45-11-3-10-41(15-28)24(44)22(34)42/h4-9,12H,3,10-11,13-16H2,1-2H3,(H2,34,42)(H,36,43)(H2,35,37,38,39,40). The Hall–Kier alpha value is -4.86. The average molecular weight is 665 g/mol. The molecule has 13 nitrogen and oxygen atoms in total. The maximum atomic E-state index is 12.9. The predicted molar refractivity (Wildman–Crippen MR) is 162 cm³/mol. The van der Waals surface area contributed by atoms with Crippen LogP contribution in [0.25, 0.3) is 0 Å². The summed E-state index contributed by atoms with van der Waals surface area (Å²) in [5, 5.41) is 8.90. The van der Waals surface area contributed by atoms with Crippen molar-refractivity contribution in [2.75, 3.05) is 43.5 Å². The van der Waals surface area contributed by atoms with E-state index in [-0.39, 0.29) is 49.7 Å². The first kappa shape index (κ1) is 34.0. The van der Waals surface area contributed by atoms with Crippen molar-refractivity contribution in [1.82, 2.24) is 25.2 Å². The van der Waals surface area contributed by atoms with Crippen molar-refractivity contribution < 1.29 is 37.0 Å². The van der Waals surface area contributed by atoms with E-state index in [2.05, 4.69) is 30.9 Å². The van der Waals surface area contributed by atoms with Crippen LogP contribution in [0.2, 0.25) is 5.02 Å². The molecular weight excluding hydrogens is 633 g/mol. The number of aromatic nitrogens is 3. The van der Waals surface area contributed by atoms with Gasteiger partial charge in [0.25, 0.3) is 5.91 Å². The molecule has 1 aromatic heterocycles. The van der Waals surface area contributed by atoms with Crippen molar-refractivity contribution in [3.63, 3.8) is 0 Å². The van der Waals surface area contributed by atoms with Gasteiger partial charge >= 0.3 is 24.0 Å². The molecule has 0 radical (unpaired) electrons. The highest BCUT2D eigenvalue weighted by molar-refractivity contribution is 6.34. The number of nitrogens with zero attached hydrogens (tertiary/aromatic N) is 4. The first-order valence-corrected chi connectivity index (χ1v) is 14.4. The monoisotopic (exact) mass is 664 g/mol. The van der Waals surface area contributed by atoms with Crippen molar-refractivity contribution in [1.29, 1.82) is 0 Å². The minimum absolute atomic E-state index is 0.0748. The number of amides is 3. The fourth-order valence-electron chi connectivity index (χ4n) is 4.33. The Bertz CT molecular complexity index is 1570. The number of benzene rings is 2. The van der Waals surface area contributed by atoms with E-state index >= 15 is 0 Å². The number of nitrogens with two attached hydrogens (primary N) is 1. The van der Waals surface area contributed by atoms with Gasteiger partial charge in [-0.05, 0) is 53.8 Å². The van der Waals surface area contributed by atoms with Crippen molar-refractivity contribution in [2.24, 2.45) is 11.1 Å². The summed E-state index contributed by atoms with van der Waals surface area (Å²) in [6.45, 7) is 2.79. The SMILES string of the molecule is CC1(C)CNC(=O)c2ccc(cc2)Nc2nc(nc(OCC(F)(F)F)n2)NCc2ccc(c(Cl)c2)OCCCN(C(=O)C(N)=O)C1. The number of primary amides is 1. The van der Waals surface area contributed by atoms with E-state index in [4.69, 9.17) is 26.8 Å². The molecule has 0 unspecified atom stereocenters. The molecule has 0 aliphatic carbocycles. The van der Waals surface area contributed by atoms with E-state index in [1.54, 1.807) is 30.3 Å². The lowest BCUT2D eigenvalue weighted by Crippen LogP contribution is -2.48. The van der Waals surface area contributed by atoms with E-state index in [1.165, 1.54) is 17.0 Å². The molecule has 7 rings (SSSR count). The fourth-order valence-corrected chi connectivity index (χ4v) is 4.59. The first-order valence-electron chi connectivity index (χ1n) is 14.0. The van der Waals surface area contributed by atoms with Crippen LogP contribution in [0.15, 0.2) is 42.5 Å². The Kier molecular flexibility index (Phi) is 10.7. The van der Waals surface area contributed by atoms with Gasteiger partial charge in [0.15, 0.2) is 6.61 Å². The zero-order valence-electron chi connectivity index (χ0n) is 24.9. The largest absolute Gasteiger partial charge is 0.492 e. The third-order valence-electron chi connectivity index (χ3n) is 6.50. The van der Waals surface area contributed by atoms with Gasteiger partial charge in [0.05, 0.1) is 11.6 Å². The normalized spacial score (nSPS) is 15.9. The minimum Gasteiger partial charge on any atom is -0.492 e. The van der Waals surface area contributed by atoms with Crippen LogP contribution in [0.4, 0.5) is 30.8 Å². The van der Waals surface area contributed by atoms with Crippen molar-refractivity contribution in [3.8, 4) is 11.8 Å². The van der Waals surface area contributed by atoms with Crippen LogP contribution >= 0.6 is 11.6 Å². The van der Waals surface area contributed by atoms with Crippen LogP contribution < -0.4 is 31.2 Å². The maximum Gasteiger partial charge on any atom is 0.422 e. The zero-order chi connectivity index (χ0) is 33.5. The number of ether oxygens (including phenoxy) is 2. The molecule has 3 amide bonds. The molecule has 5 heterocycles. The van der Waals surface area contributed by atoms with Crippen LogP contribution in [0.3, 0.4) is 0 Å². The van der Waals surface area contributed by atoms with Crippen LogP contribution in [0, 0.1) is 5.41 Å². The van der Waals surface area contributed by atoms with Crippen molar-refractivity contribution in [3.05, 3.63) is 58.6 Å². The third kappa shape index (κ3) is 10.1. The molecule has 0 fully saturated rings. The highest BCUT2D eigenvalue weighted by atomic mass is 35.5. The minimum atomic E-state index is -4.61. The number of halogens is 4. The summed E-state index contributed by atoms with van der Waals surface area (Å²) in [6.07, 6.45) is -4.26. The second-order valence-electron chi connectivity index (χ2n) is 11.1. The average Bonchev–Trinajstić information content (AvgIpc) is 2.99. The number of carbonyl (C=O) groups is 3. The van der Waals surface area contributed by atoms with Gasteiger partial charge in [-0.25, -0.2) is 0 Å². The number of rotatable bonds is 2. The molecule has 246 valence electrons. The molecule has 0 spiro atoms. The summed E-state index contributed by atoms with van der Waals surface area (Å²) in [4.78, 5) is 50.6. The smallest absolute Gasteiger partial charge is 0.422 e. The summed E-state index contributed by atoms with van der Waals surface area (Å²) < 4.78 is 49.0. The summed E-state index contributed by atoms with van der Waals surface area (Å²) in [5.41, 5.74) is 6.05. The van der Waals surface area contributed by atoms with Crippen LogP contribution in [0.5, 0.6) is 11.8 Å². The summed E-state index contributed by atoms with van der Waals surface area (Å²) in [6, 6.07) is 10.6. The van der Waals surface area contributed by atoms with E-state index in [0.29, 0.717) is 29.0 Å². The van der Waals surface area contributed by atoms with Gasteiger partial charge in [-0.3, -0.25) is 14.4 Å². The lowest BCUT2D eigenvalue weighted by atomic mass is 9.92. The summed E-state index contributed by atoms with van der Waals surface area (Å²) in [7, 11) is 0. The molecule has 46 heavy (non-hydrogen) atoms. The van der Waals surface area contributed by atoms with Gasteiger partial charge in [-0.15, -0.1) is 0 Å². The van der Waals surface area contributed by atoms with E-state index in [1.807, 2.05) is 13.8 Å². The van der Waals surface area contributed by atoms with Crippen LogP contribution in [-0.4, -0.2) is 76.6 Å². The first-order chi connectivity index (χ1) is 21.7. The number of anilines is 3. The summed E-state index contributed by atoms with van der Waals surface area (Å²) >= 11 is 6.42. The van der Waals surface area contributed by atoms with Gasteiger partial charge in [-0.1, -0.05) is 31.5 Å². The summed E-state index contributed by atoms with van der Waals surface area (Å²) in [5.74, 6) is -2.15. The Labute approximate surface area is 267 Å². The van der Waals surface area contributed by atoms with Crippen LogP contribution in [-0.2, 0) is 16.1 Å².